The molecule has 2 heterocycles. The zero-order valence-electron chi connectivity index (χ0n) is 10.9. The number of hydrogen-bond acceptors (Lipinski definition) is 4. The Bertz CT molecular complexity index is 687. The number of thioether (sulfide) groups is 1. The van der Waals surface area contributed by atoms with E-state index in [0.717, 1.165) is 28.8 Å². The third kappa shape index (κ3) is 2.37. The fraction of sp³-hybridized carbons (Fsp3) is 0.429. The maximum absolute atomic E-state index is 12.2. The van der Waals surface area contributed by atoms with Crippen LogP contribution < -0.4 is 5.56 Å². The molecule has 5 heteroatoms. The number of thiophene rings is 1. The minimum atomic E-state index is 0.0172. The van der Waals surface area contributed by atoms with E-state index in [9.17, 15) is 4.79 Å². The molecule has 0 spiro atoms. The molecule has 0 saturated carbocycles. The molecule has 0 saturated heterocycles. The van der Waals surface area contributed by atoms with Gasteiger partial charge < -0.3 is 4.98 Å². The Balaban J connectivity index is 2.11. The second-order valence-electron chi connectivity index (χ2n) is 5.00. The van der Waals surface area contributed by atoms with Crippen LogP contribution in [-0.4, -0.2) is 15.7 Å². The summed E-state index contributed by atoms with van der Waals surface area (Å²) < 4.78 is 0. The predicted molar refractivity (Wildman–Crippen MR) is 82.4 cm³/mol. The van der Waals surface area contributed by atoms with Gasteiger partial charge in [-0.25, -0.2) is 4.98 Å². The van der Waals surface area contributed by atoms with Crippen LogP contribution in [0.25, 0.3) is 10.2 Å². The van der Waals surface area contributed by atoms with Crippen molar-refractivity contribution in [1.82, 2.24) is 9.97 Å². The van der Waals surface area contributed by atoms with Crippen molar-refractivity contribution in [2.24, 2.45) is 5.92 Å². The Labute approximate surface area is 120 Å². The number of nitrogens with zero attached hydrogens (tertiary/aromatic N) is 1. The van der Waals surface area contributed by atoms with Crippen LogP contribution in [0.5, 0.6) is 0 Å². The standard InChI is InChI=1S/C14H16N2OS2/c1-3-6-18-14-15-12(17)11-9-5-4-8(2)7-10(9)19-13(11)16-14/h3,8H,1,4-7H2,2H3,(H,15,16,17). The Kier molecular flexibility index (Phi) is 3.50. The third-order valence-corrected chi connectivity index (χ3v) is 5.50. The second kappa shape index (κ2) is 5.13. The number of H-pyrrole nitrogens is 1. The van der Waals surface area contributed by atoms with Gasteiger partial charge in [-0.3, -0.25) is 4.79 Å². The summed E-state index contributed by atoms with van der Waals surface area (Å²) in [6.07, 6.45) is 5.09. The van der Waals surface area contributed by atoms with E-state index in [1.165, 1.54) is 28.6 Å². The Morgan fingerprint density at radius 3 is 3.26 bits per heavy atom. The van der Waals surface area contributed by atoms with Gasteiger partial charge in [-0.15, -0.1) is 17.9 Å². The molecule has 0 amide bonds. The molecule has 3 nitrogen and oxygen atoms in total. The minimum absolute atomic E-state index is 0.0172. The quantitative estimate of drug-likeness (QED) is 0.536. The van der Waals surface area contributed by atoms with Crippen molar-refractivity contribution in [3.8, 4) is 0 Å². The largest absolute Gasteiger partial charge is 0.301 e. The summed E-state index contributed by atoms with van der Waals surface area (Å²) in [5.41, 5.74) is 1.26. The van der Waals surface area contributed by atoms with Crippen LogP contribution in [0, 0.1) is 5.92 Å². The van der Waals surface area contributed by atoms with E-state index in [1.807, 2.05) is 6.08 Å². The summed E-state index contributed by atoms with van der Waals surface area (Å²) in [4.78, 5) is 22.0. The summed E-state index contributed by atoms with van der Waals surface area (Å²) in [6, 6.07) is 0. The Morgan fingerprint density at radius 1 is 1.63 bits per heavy atom. The molecule has 0 radical (unpaired) electrons. The first-order valence-corrected chi connectivity index (χ1v) is 8.27. The van der Waals surface area contributed by atoms with Crippen molar-refractivity contribution in [3.05, 3.63) is 33.4 Å². The van der Waals surface area contributed by atoms with Crippen LogP contribution in [0.3, 0.4) is 0 Å². The normalized spacial score (nSPS) is 18.5. The molecule has 3 rings (SSSR count). The van der Waals surface area contributed by atoms with Crippen LogP contribution in [-0.2, 0) is 12.8 Å². The highest BCUT2D eigenvalue weighted by atomic mass is 32.2. The summed E-state index contributed by atoms with van der Waals surface area (Å²) in [7, 11) is 0. The lowest BCUT2D eigenvalue weighted by Crippen LogP contribution is -2.13. The highest BCUT2D eigenvalue weighted by molar-refractivity contribution is 7.99. The number of nitrogens with one attached hydrogen (secondary N) is 1. The van der Waals surface area contributed by atoms with Gasteiger partial charge >= 0.3 is 0 Å². The van der Waals surface area contributed by atoms with Crippen LogP contribution in [0.4, 0.5) is 0 Å². The molecule has 0 aliphatic heterocycles. The summed E-state index contributed by atoms with van der Waals surface area (Å²) in [5, 5.41) is 1.53. The maximum Gasteiger partial charge on any atom is 0.260 e. The Hall–Kier alpha value is -1.07. The molecule has 0 bridgehead atoms. The lowest BCUT2D eigenvalue weighted by Gasteiger charge is -2.17. The lowest BCUT2D eigenvalue weighted by atomic mass is 9.89. The van der Waals surface area contributed by atoms with Gasteiger partial charge in [0.05, 0.1) is 5.39 Å². The number of hydrogen-bond donors (Lipinski definition) is 1. The predicted octanol–water partition coefficient (Wildman–Crippen LogP) is 3.39. The first-order valence-electron chi connectivity index (χ1n) is 6.47. The first-order chi connectivity index (χ1) is 9.19. The molecule has 1 aliphatic carbocycles. The molecule has 1 aliphatic rings. The first kappa shape index (κ1) is 12.9. The number of fused-ring (bicyclic) bond motifs is 3. The molecule has 1 atom stereocenters. The third-order valence-electron chi connectivity index (χ3n) is 3.48. The molecule has 2 aromatic rings. The van der Waals surface area contributed by atoms with Crippen molar-refractivity contribution in [1.29, 1.82) is 0 Å². The summed E-state index contributed by atoms with van der Waals surface area (Å²) in [6.45, 7) is 5.96. The fourth-order valence-corrected chi connectivity index (χ4v) is 4.57. The van der Waals surface area contributed by atoms with E-state index in [2.05, 4.69) is 23.5 Å². The zero-order chi connectivity index (χ0) is 13.4. The maximum atomic E-state index is 12.2. The SMILES string of the molecule is C=CCSc1nc2sc3c(c2c(=O)[nH]1)CCC(C)C3. The number of rotatable bonds is 3. The molecular weight excluding hydrogens is 276 g/mol. The van der Waals surface area contributed by atoms with Crippen molar-refractivity contribution < 1.29 is 0 Å². The van der Waals surface area contributed by atoms with Gasteiger partial charge in [0.2, 0.25) is 0 Å². The molecule has 19 heavy (non-hydrogen) atoms. The number of aromatic nitrogens is 2. The topological polar surface area (TPSA) is 45.8 Å². The van der Waals surface area contributed by atoms with Gasteiger partial charge in [-0.2, -0.15) is 0 Å². The second-order valence-corrected chi connectivity index (χ2v) is 7.10. The smallest absolute Gasteiger partial charge is 0.260 e. The van der Waals surface area contributed by atoms with Gasteiger partial charge in [0.25, 0.3) is 5.56 Å². The van der Waals surface area contributed by atoms with E-state index in [1.54, 1.807) is 11.3 Å². The van der Waals surface area contributed by atoms with Crippen LogP contribution >= 0.6 is 23.1 Å². The van der Waals surface area contributed by atoms with Crippen molar-refractivity contribution in [2.45, 2.75) is 31.3 Å². The molecule has 2 aromatic heterocycles. The Morgan fingerprint density at radius 2 is 2.47 bits per heavy atom. The van der Waals surface area contributed by atoms with E-state index >= 15 is 0 Å². The monoisotopic (exact) mass is 292 g/mol. The average Bonchev–Trinajstić information content (AvgIpc) is 2.73. The van der Waals surface area contributed by atoms with Crippen LogP contribution in [0.2, 0.25) is 0 Å². The van der Waals surface area contributed by atoms with Crippen molar-refractivity contribution >= 4 is 33.3 Å². The van der Waals surface area contributed by atoms with E-state index in [-0.39, 0.29) is 5.56 Å². The minimum Gasteiger partial charge on any atom is -0.301 e. The molecule has 100 valence electrons. The highest BCUT2D eigenvalue weighted by Gasteiger charge is 2.22. The van der Waals surface area contributed by atoms with Gasteiger partial charge in [0.1, 0.15) is 4.83 Å². The number of aryl methyl sites for hydroxylation is 1. The molecule has 0 aromatic carbocycles. The lowest BCUT2D eigenvalue weighted by molar-refractivity contribution is 0.509. The van der Waals surface area contributed by atoms with Gasteiger partial charge in [0.15, 0.2) is 5.16 Å². The van der Waals surface area contributed by atoms with Crippen LogP contribution in [0.15, 0.2) is 22.6 Å². The molecular formula is C14H16N2OS2. The summed E-state index contributed by atoms with van der Waals surface area (Å²) in [5.74, 6) is 1.48. The zero-order valence-corrected chi connectivity index (χ0v) is 12.5. The van der Waals surface area contributed by atoms with Crippen molar-refractivity contribution in [3.63, 3.8) is 0 Å². The van der Waals surface area contributed by atoms with Gasteiger partial charge in [0, 0.05) is 10.6 Å². The van der Waals surface area contributed by atoms with E-state index in [0.29, 0.717) is 11.1 Å². The number of aromatic amines is 1. The van der Waals surface area contributed by atoms with Gasteiger partial charge in [-0.05, 0) is 30.7 Å². The van der Waals surface area contributed by atoms with Gasteiger partial charge in [-0.1, -0.05) is 24.8 Å². The van der Waals surface area contributed by atoms with E-state index < -0.39 is 0 Å². The molecule has 0 fully saturated rings. The fourth-order valence-electron chi connectivity index (χ4n) is 2.54. The average molecular weight is 292 g/mol. The highest BCUT2D eigenvalue weighted by Crippen LogP contribution is 2.36. The van der Waals surface area contributed by atoms with Crippen LogP contribution in [0.1, 0.15) is 23.8 Å². The summed E-state index contributed by atoms with van der Waals surface area (Å²) >= 11 is 3.21. The molecule has 1 unspecified atom stereocenters. The van der Waals surface area contributed by atoms with E-state index in [4.69, 9.17) is 0 Å². The van der Waals surface area contributed by atoms with Crippen molar-refractivity contribution in [2.75, 3.05) is 5.75 Å². The molecule has 1 N–H and O–H groups in total.